The zero-order chi connectivity index (χ0) is 5.82. The Labute approximate surface area is 54.4 Å². The molecule has 8 heavy (non-hydrogen) atoms. The summed E-state index contributed by atoms with van der Waals surface area (Å²) in [5, 5.41) is 7.32. The largest absolute Gasteiger partial charge is 0.310 e. The zero-order valence-electron chi connectivity index (χ0n) is 4.94. The van der Waals surface area contributed by atoms with Crippen LogP contribution in [0.1, 0.15) is 19.3 Å². The molecule has 1 N–H and O–H groups in total. The van der Waals surface area contributed by atoms with E-state index >= 15 is 0 Å². The second-order valence-corrected chi connectivity index (χ2v) is 3.29. The van der Waals surface area contributed by atoms with Crippen molar-refractivity contribution in [1.29, 1.82) is 5.41 Å². The normalized spacial score (nSPS) is 22.8. The molecule has 0 aromatic heterocycles. The van der Waals surface area contributed by atoms with Gasteiger partial charge in [0, 0.05) is 5.71 Å². The molecule has 0 amide bonds. The lowest BCUT2D eigenvalue weighted by atomic mass is 10.2. The van der Waals surface area contributed by atoms with E-state index in [2.05, 4.69) is 0 Å². The van der Waals surface area contributed by atoms with Gasteiger partial charge < -0.3 is 5.41 Å². The van der Waals surface area contributed by atoms with Crippen molar-refractivity contribution in [2.24, 2.45) is 0 Å². The SMILES string of the molecule is N=C1CCCSCC1. The summed E-state index contributed by atoms with van der Waals surface area (Å²) in [6.45, 7) is 0. The number of thioether (sulfide) groups is 1. The quantitative estimate of drug-likeness (QED) is 0.531. The maximum atomic E-state index is 7.32. The van der Waals surface area contributed by atoms with Gasteiger partial charge in [-0.2, -0.15) is 11.8 Å². The molecule has 1 rings (SSSR count). The topological polar surface area (TPSA) is 23.9 Å². The molecule has 1 aliphatic heterocycles. The Morgan fingerprint density at radius 2 is 2.12 bits per heavy atom. The van der Waals surface area contributed by atoms with E-state index in [1.165, 1.54) is 17.9 Å². The van der Waals surface area contributed by atoms with E-state index in [1.54, 1.807) is 0 Å². The van der Waals surface area contributed by atoms with Crippen LogP contribution in [-0.2, 0) is 0 Å². The van der Waals surface area contributed by atoms with Gasteiger partial charge in [0.2, 0.25) is 0 Å². The summed E-state index contributed by atoms with van der Waals surface area (Å²) in [5.74, 6) is 2.45. The molecule has 0 spiro atoms. The third-order valence-corrected chi connectivity index (χ3v) is 2.39. The van der Waals surface area contributed by atoms with Crippen LogP contribution >= 0.6 is 11.8 Å². The second-order valence-electron chi connectivity index (χ2n) is 2.07. The van der Waals surface area contributed by atoms with Gasteiger partial charge >= 0.3 is 0 Å². The fourth-order valence-corrected chi connectivity index (χ4v) is 1.75. The van der Waals surface area contributed by atoms with E-state index < -0.39 is 0 Å². The first-order chi connectivity index (χ1) is 3.89. The Bertz CT molecular complexity index is 80.5. The molecule has 0 aliphatic carbocycles. The minimum absolute atomic E-state index is 0.954. The predicted molar refractivity (Wildman–Crippen MR) is 38.9 cm³/mol. The van der Waals surface area contributed by atoms with Crippen molar-refractivity contribution in [2.45, 2.75) is 19.3 Å². The van der Waals surface area contributed by atoms with Crippen LogP contribution in [0.15, 0.2) is 0 Å². The lowest BCUT2D eigenvalue weighted by molar-refractivity contribution is 0.990. The Balaban J connectivity index is 2.27. The smallest absolute Gasteiger partial charge is 0.00976 e. The number of rotatable bonds is 0. The molecule has 0 atom stereocenters. The molecule has 46 valence electrons. The zero-order valence-corrected chi connectivity index (χ0v) is 5.76. The monoisotopic (exact) mass is 129 g/mol. The lowest BCUT2D eigenvalue weighted by Crippen LogP contribution is -1.93. The standard InChI is InChI=1S/C6H11NS/c7-6-2-1-4-8-5-3-6/h7H,1-5H2. The van der Waals surface area contributed by atoms with E-state index in [-0.39, 0.29) is 0 Å². The molecule has 0 bridgehead atoms. The fraction of sp³-hybridized carbons (Fsp3) is 0.833. The van der Waals surface area contributed by atoms with Gasteiger partial charge in [-0.1, -0.05) is 0 Å². The molecular weight excluding hydrogens is 118 g/mol. The van der Waals surface area contributed by atoms with Gasteiger partial charge in [-0.05, 0) is 30.8 Å². The van der Waals surface area contributed by atoms with Crippen molar-refractivity contribution in [2.75, 3.05) is 11.5 Å². The van der Waals surface area contributed by atoms with E-state index in [1.807, 2.05) is 11.8 Å². The van der Waals surface area contributed by atoms with Crippen molar-refractivity contribution in [3.63, 3.8) is 0 Å². The van der Waals surface area contributed by atoms with Gasteiger partial charge in [-0.15, -0.1) is 0 Å². The minimum Gasteiger partial charge on any atom is -0.310 e. The van der Waals surface area contributed by atoms with Crippen LogP contribution < -0.4 is 0 Å². The number of hydrogen-bond donors (Lipinski definition) is 1. The molecular formula is C6H11NS. The summed E-state index contributed by atoms with van der Waals surface area (Å²) in [5.41, 5.74) is 0.954. The lowest BCUT2D eigenvalue weighted by Gasteiger charge is -1.91. The summed E-state index contributed by atoms with van der Waals surface area (Å²) in [7, 11) is 0. The first kappa shape index (κ1) is 6.14. The molecule has 2 heteroatoms. The van der Waals surface area contributed by atoms with E-state index in [4.69, 9.17) is 5.41 Å². The summed E-state index contributed by atoms with van der Waals surface area (Å²) < 4.78 is 0. The van der Waals surface area contributed by atoms with Crippen LogP contribution in [0.5, 0.6) is 0 Å². The van der Waals surface area contributed by atoms with Crippen LogP contribution in [0.3, 0.4) is 0 Å². The van der Waals surface area contributed by atoms with Crippen molar-refractivity contribution in [1.82, 2.24) is 0 Å². The highest BCUT2D eigenvalue weighted by molar-refractivity contribution is 7.99. The van der Waals surface area contributed by atoms with E-state index in [9.17, 15) is 0 Å². The van der Waals surface area contributed by atoms with Crippen molar-refractivity contribution in [3.05, 3.63) is 0 Å². The van der Waals surface area contributed by atoms with Gasteiger partial charge in [0.1, 0.15) is 0 Å². The molecule has 1 nitrogen and oxygen atoms in total. The van der Waals surface area contributed by atoms with Crippen LogP contribution in [-0.4, -0.2) is 17.2 Å². The molecule has 0 radical (unpaired) electrons. The third-order valence-electron chi connectivity index (χ3n) is 1.32. The summed E-state index contributed by atoms with van der Waals surface area (Å²) >= 11 is 1.98. The van der Waals surface area contributed by atoms with Gasteiger partial charge in [-0.25, -0.2) is 0 Å². The van der Waals surface area contributed by atoms with E-state index in [0.29, 0.717) is 0 Å². The minimum atomic E-state index is 0.954. The highest BCUT2D eigenvalue weighted by Crippen LogP contribution is 2.13. The number of nitrogens with one attached hydrogen (secondary N) is 1. The molecule has 1 heterocycles. The summed E-state index contributed by atoms with van der Waals surface area (Å²) in [4.78, 5) is 0. The first-order valence-electron chi connectivity index (χ1n) is 3.03. The first-order valence-corrected chi connectivity index (χ1v) is 4.19. The summed E-state index contributed by atoms with van der Waals surface area (Å²) in [6.07, 6.45) is 3.31. The molecule has 0 unspecified atom stereocenters. The highest BCUT2D eigenvalue weighted by atomic mass is 32.2. The summed E-state index contributed by atoms with van der Waals surface area (Å²) in [6, 6.07) is 0. The van der Waals surface area contributed by atoms with Crippen molar-refractivity contribution >= 4 is 17.5 Å². The molecule has 0 aromatic rings. The van der Waals surface area contributed by atoms with Gasteiger partial charge in [-0.3, -0.25) is 0 Å². The Morgan fingerprint density at radius 1 is 1.25 bits per heavy atom. The van der Waals surface area contributed by atoms with Crippen molar-refractivity contribution in [3.8, 4) is 0 Å². The van der Waals surface area contributed by atoms with Crippen LogP contribution in [0, 0.1) is 5.41 Å². The maximum absolute atomic E-state index is 7.32. The Kier molecular flexibility index (Phi) is 2.40. The molecule has 1 fully saturated rings. The Hall–Kier alpha value is 0.0200. The third kappa shape index (κ3) is 1.86. The van der Waals surface area contributed by atoms with Gasteiger partial charge in [0.25, 0.3) is 0 Å². The van der Waals surface area contributed by atoms with Gasteiger partial charge in [0.15, 0.2) is 0 Å². The van der Waals surface area contributed by atoms with E-state index in [0.717, 1.165) is 18.6 Å². The molecule has 0 aromatic carbocycles. The Morgan fingerprint density at radius 3 is 3.00 bits per heavy atom. The second kappa shape index (κ2) is 3.13. The van der Waals surface area contributed by atoms with Crippen molar-refractivity contribution < 1.29 is 0 Å². The highest BCUT2D eigenvalue weighted by Gasteiger charge is 2.01. The van der Waals surface area contributed by atoms with Crippen LogP contribution in [0.4, 0.5) is 0 Å². The molecule has 1 aliphatic rings. The average Bonchev–Trinajstić information content (AvgIpc) is 1.94. The maximum Gasteiger partial charge on any atom is 0.00976 e. The van der Waals surface area contributed by atoms with Crippen LogP contribution in [0.2, 0.25) is 0 Å². The van der Waals surface area contributed by atoms with Crippen LogP contribution in [0.25, 0.3) is 0 Å². The molecule has 0 saturated carbocycles. The predicted octanol–water partition coefficient (Wildman–Crippen LogP) is 1.92. The molecule has 1 saturated heterocycles. The van der Waals surface area contributed by atoms with Gasteiger partial charge in [0.05, 0.1) is 0 Å². The number of hydrogen-bond acceptors (Lipinski definition) is 2. The fourth-order valence-electron chi connectivity index (χ4n) is 0.810. The average molecular weight is 129 g/mol.